The largest absolute Gasteiger partial charge is 0.368 e. The minimum atomic E-state index is -0.433. The number of hydrogen-bond acceptors (Lipinski definition) is 4. The Morgan fingerprint density at radius 2 is 2.25 bits per heavy atom. The van der Waals surface area contributed by atoms with Crippen molar-refractivity contribution in [2.75, 3.05) is 5.73 Å². The van der Waals surface area contributed by atoms with Crippen molar-refractivity contribution in [1.29, 1.82) is 0 Å². The van der Waals surface area contributed by atoms with Crippen molar-refractivity contribution in [1.82, 2.24) is 15.0 Å². The van der Waals surface area contributed by atoms with Crippen LogP contribution >= 0.6 is 0 Å². The fourth-order valence-electron chi connectivity index (χ4n) is 0.845. The molecule has 66 valence electrons. The molecule has 0 aliphatic carbocycles. The molecule has 1 heterocycles. The Labute approximate surface area is 70.1 Å². The van der Waals surface area contributed by atoms with Crippen LogP contribution in [-0.2, 0) is 0 Å². The van der Waals surface area contributed by atoms with Crippen LogP contribution < -0.4 is 11.4 Å². The summed E-state index contributed by atoms with van der Waals surface area (Å²) in [5.41, 5.74) is 4.88. The molecule has 12 heavy (non-hydrogen) atoms. The Morgan fingerprint density at radius 1 is 1.58 bits per heavy atom. The van der Waals surface area contributed by atoms with E-state index >= 15 is 0 Å². The van der Waals surface area contributed by atoms with Crippen molar-refractivity contribution in [3.63, 3.8) is 0 Å². The number of nitrogens with one attached hydrogen (secondary N) is 1. The Morgan fingerprint density at radius 3 is 2.75 bits per heavy atom. The summed E-state index contributed by atoms with van der Waals surface area (Å²) in [5, 5.41) is 0. The second kappa shape index (κ2) is 3.34. The maximum atomic E-state index is 10.8. The van der Waals surface area contributed by atoms with Crippen molar-refractivity contribution in [3.8, 4) is 0 Å². The normalized spacial score (nSPS) is 12.8. The number of anilines is 1. The summed E-state index contributed by atoms with van der Waals surface area (Å²) in [6.07, 6.45) is 0.909. The Balaban J connectivity index is 3.08. The van der Waals surface area contributed by atoms with Gasteiger partial charge in [-0.3, -0.25) is 4.98 Å². The second-order valence-electron chi connectivity index (χ2n) is 2.71. The van der Waals surface area contributed by atoms with E-state index in [1.54, 1.807) is 0 Å². The second-order valence-corrected chi connectivity index (χ2v) is 2.71. The van der Waals surface area contributed by atoms with Gasteiger partial charge in [0.15, 0.2) is 0 Å². The summed E-state index contributed by atoms with van der Waals surface area (Å²) in [4.78, 5) is 20.7. The highest BCUT2D eigenvalue weighted by molar-refractivity contribution is 5.13. The molecule has 1 aromatic heterocycles. The van der Waals surface area contributed by atoms with Crippen molar-refractivity contribution >= 4 is 5.95 Å². The van der Waals surface area contributed by atoms with E-state index in [1.807, 2.05) is 13.8 Å². The van der Waals surface area contributed by atoms with Crippen molar-refractivity contribution in [2.24, 2.45) is 0 Å². The number of aromatic amines is 1. The van der Waals surface area contributed by atoms with Crippen LogP contribution in [-0.4, -0.2) is 15.0 Å². The van der Waals surface area contributed by atoms with Crippen LogP contribution in [0.4, 0.5) is 5.95 Å². The summed E-state index contributed by atoms with van der Waals surface area (Å²) in [6.45, 7) is 3.99. The van der Waals surface area contributed by atoms with Gasteiger partial charge in [0.05, 0.1) is 0 Å². The number of H-pyrrole nitrogens is 1. The highest BCUT2D eigenvalue weighted by Gasteiger charge is 2.06. The third kappa shape index (κ3) is 1.81. The molecule has 1 rings (SSSR count). The zero-order valence-electron chi connectivity index (χ0n) is 7.16. The standard InChI is InChI=1S/C7H12N4O/c1-3-4(2)5-9-6(8)11-7(12)10-5/h4H,3H2,1-2H3,(H3,8,9,10,11,12). The van der Waals surface area contributed by atoms with Crippen LogP contribution in [0.2, 0.25) is 0 Å². The maximum absolute atomic E-state index is 10.8. The van der Waals surface area contributed by atoms with Gasteiger partial charge in [-0.05, 0) is 6.42 Å². The summed E-state index contributed by atoms with van der Waals surface area (Å²) >= 11 is 0. The number of nitrogens with zero attached hydrogens (tertiary/aromatic N) is 2. The molecule has 0 radical (unpaired) electrons. The first-order valence-corrected chi connectivity index (χ1v) is 3.87. The number of nitrogen functional groups attached to an aromatic ring is 1. The van der Waals surface area contributed by atoms with Gasteiger partial charge >= 0.3 is 5.69 Å². The van der Waals surface area contributed by atoms with E-state index in [4.69, 9.17) is 5.73 Å². The molecule has 1 aromatic rings. The number of nitrogens with two attached hydrogens (primary N) is 1. The molecular formula is C7H12N4O. The molecule has 0 aromatic carbocycles. The molecule has 3 N–H and O–H groups in total. The summed E-state index contributed by atoms with van der Waals surface area (Å²) < 4.78 is 0. The predicted octanol–water partition coefficient (Wildman–Crippen LogP) is 0.261. The predicted molar refractivity (Wildman–Crippen MR) is 45.8 cm³/mol. The SMILES string of the molecule is CCC(C)c1nc(N)nc(=O)[nH]1. The molecule has 0 amide bonds. The molecule has 0 spiro atoms. The average Bonchev–Trinajstić information content (AvgIpc) is 2.01. The summed E-state index contributed by atoms with van der Waals surface area (Å²) in [7, 11) is 0. The molecule has 0 aliphatic rings. The highest BCUT2D eigenvalue weighted by atomic mass is 16.1. The Kier molecular flexibility index (Phi) is 2.42. The molecule has 5 nitrogen and oxygen atoms in total. The zero-order chi connectivity index (χ0) is 9.14. The molecule has 0 saturated carbocycles. The summed E-state index contributed by atoms with van der Waals surface area (Å²) in [5.74, 6) is 0.854. The van der Waals surface area contributed by atoms with E-state index in [9.17, 15) is 4.79 Å². The molecule has 0 fully saturated rings. The van der Waals surface area contributed by atoms with E-state index < -0.39 is 5.69 Å². The molecule has 0 saturated heterocycles. The number of rotatable bonds is 2. The minimum Gasteiger partial charge on any atom is -0.368 e. The van der Waals surface area contributed by atoms with Gasteiger partial charge in [0, 0.05) is 5.92 Å². The molecule has 1 atom stereocenters. The number of aromatic nitrogens is 3. The molecule has 0 aliphatic heterocycles. The first-order chi connectivity index (χ1) is 5.63. The van der Waals surface area contributed by atoms with Crippen LogP contribution in [0.25, 0.3) is 0 Å². The Hall–Kier alpha value is -1.39. The monoisotopic (exact) mass is 168 g/mol. The molecule has 5 heteroatoms. The van der Waals surface area contributed by atoms with Crippen molar-refractivity contribution < 1.29 is 0 Å². The fourth-order valence-corrected chi connectivity index (χ4v) is 0.845. The first kappa shape index (κ1) is 8.70. The van der Waals surface area contributed by atoms with Crippen LogP contribution in [0.3, 0.4) is 0 Å². The Bertz CT molecular complexity index is 319. The van der Waals surface area contributed by atoms with Gasteiger partial charge in [0.1, 0.15) is 5.82 Å². The molecule has 0 bridgehead atoms. The van der Waals surface area contributed by atoms with E-state index in [0.717, 1.165) is 6.42 Å². The lowest BCUT2D eigenvalue weighted by molar-refractivity contribution is 0.667. The van der Waals surface area contributed by atoms with Crippen LogP contribution in [0, 0.1) is 0 Å². The van der Waals surface area contributed by atoms with Gasteiger partial charge in [-0.25, -0.2) is 4.79 Å². The van der Waals surface area contributed by atoms with E-state index in [2.05, 4.69) is 15.0 Å². The van der Waals surface area contributed by atoms with Gasteiger partial charge in [-0.1, -0.05) is 13.8 Å². The van der Waals surface area contributed by atoms with Crippen molar-refractivity contribution in [3.05, 3.63) is 16.3 Å². The third-order valence-electron chi connectivity index (χ3n) is 1.77. The summed E-state index contributed by atoms with van der Waals surface area (Å²) in [6, 6.07) is 0. The quantitative estimate of drug-likeness (QED) is 0.663. The topological polar surface area (TPSA) is 84.7 Å². The minimum absolute atomic E-state index is 0.0362. The van der Waals surface area contributed by atoms with Crippen LogP contribution in [0.15, 0.2) is 4.79 Å². The fraction of sp³-hybridized carbons (Fsp3) is 0.571. The third-order valence-corrected chi connectivity index (χ3v) is 1.77. The average molecular weight is 168 g/mol. The van der Waals surface area contributed by atoms with Gasteiger partial charge < -0.3 is 5.73 Å². The smallest absolute Gasteiger partial charge is 0.349 e. The van der Waals surface area contributed by atoms with Gasteiger partial charge in [0.25, 0.3) is 0 Å². The van der Waals surface area contributed by atoms with E-state index in [-0.39, 0.29) is 11.9 Å². The lowest BCUT2D eigenvalue weighted by atomic mass is 10.1. The molecule has 1 unspecified atom stereocenters. The highest BCUT2D eigenvalue weighted by Crippen LogP contribution is 2.11. The zero-order valence-corrected chi connectivity index (χ0v) is 7.16. The van der Waals surface area contributed by atoms with E-state index in [1.165, 1.54) is 0 Å². The first-order valence-electron chi connectivity index (χ1n) is 3.87. The van der Waals surface area contributed by atoms with Crippen LogP contribution in [0.5, 0.6) is 0 Å². The lowest BCUT2D eigenvalue weighted by Crippen LogP contribution is -2.18. The maximum Gasteiger partial charge on any atom is 0.349 e. The van der Waals surface area contributed by atoms with Crippen LogP contribution in [0.1, 0.15) is 32.0 Å². The van der Waals surface area contributed by atoms with Crippen molar-refractivity contribution in [2.45, 2.75) is 26.2 Å². The van der Waals surface area contributed by atoms with Gasteiger partial charge in [-0.15, -0.1) is 0 Å². The lowest BCUT2D eigenvalue weighted by Gasteiger charge is -2.05. The molecular weight excluding hydrogens is 156 g/mol. The van der Waals surface area contributed by atoms with E-state index in [0.29, 0.717) is 5.82 Å². The van der Waals surface area contributed by atoms with Gasteiger partial charge in [-0.2, -0.15) is 9.97 Å². The number of hydrogen-bond donors (Lipinski definition) is 2. The van der Waals surface area contributed by atoms with Gasteiger partial charge in [0.2, 0.25) is 5.95 Å².